The van der Waals surface area contributed by atoms with E-state index in [0.717, 1.165) is 25.1 Å². The SMILES string of the molecule is COc1ccc(CCNC(=O)N2CCN(C(c3ccccc3)c3ccccc3)CC2)cc1OC. The van der Waals surface area contributed by atoms with Crippen LogP contribution in [0.15, 0.2) is 78.9 Å². The van der Waals surface area contributed by atoms with Crippen molar-refractivity contribution in [2.24, 2.45) is 0 Å². The van der Waals surface area contributed by atoms with Gasteiger partial charge in [0.2, 0.25) is 0 Å². The molecule has 4 rings (SSSR count). The third-order valence-electron chi connectivity index (χ3n) is 6.34. The van der Waals surface area contributed by atoms with Gasteiger partial charge in [0.15, 0.2) is 11.5 Å². The van der Waals surface area contributed by atoms with Crippen molar-refractivity contribution in [2.75, 3.05) is 46.9 Å². The lowest BCUT2D eigenvalue weighted by Crippen LogP contribution is -2.52. The summed E-state index contributed by atoms with van der Waals surface area (Å²) in [4.78, 5) is 17.2. The molecular formula is C28H33N3O3. The molecule has 0 aliphatic carbocycles. The van der Waals surface area contributed by atoms with Crippen LogP contribution in [0.5, 0.6) is 11.5 Å². The zero-order valence-electron chi connectivity index (χ0n) is 19.9. The van der Waals surface area contributed by atoms with E-state index in [-0.39, 0.29) is 12.1 Å². The molecule has 0 atom stereocenters. The predicted octanol–water partition coefficient (Wildman–Crippen LogP) is 4.36. The maximum atomic E-state index is 12.8. The fourth-order valence-corrected chi connectivity index (χ4v) is 4.53. The standard InChI is InChI=1S/C28H33N3O3/c1-33-25-14-13-22(21-26(25)34-2)15-16-29-28(32)31-19-17-30(18-20-31)27(23-9-5-3-6-10-23)24-11-7-4-8-12-24/h3-14,21,27H,15-20H2,1-2H3,(H,29,32). The zero-order chi connectivity index (χ0) is 23.8. The van der Waals surface area contributed by atoms with Gasteiger partial charge in [0, 0.05) is 32.7 Å². The largest absolute Gasteiger partial charge is 0.493 e. The third-order valence-corrected chi connectivity index (χ3v) is 6.34. The number of urea groups is 1. The highest BCUT2D eigenvalue weighted by molar-refractivity contribution is 5.74. The Hall–Kier alpha value is -3.51. The molecule has 0 aromatic heterocycles. The summed E-state index contributed by atoms with van der Waals surface area (Å²) >= 11 is 0. The summed E-state index contributed by atoms with van der Waals surface area (Å²) in [6, 6.07) is 27.2. The van der Waals surface area contributed by atoms with Crippen LogP contribution in [0.1, 0.15) is 22.7 Å². The molecule has 0 bridgehead atoms. The molecule has 0 saturated carbocycles. The van der Waals surface area contributed by atoms with Crippen LogP contribution in [-0.4, -0.2) is 62.8 Å². The molecule has 2 amide bonds. The molecular weight excluding hydrogens is 426 g/mol. The van der Waals surface area contributed by atoms with E-state index in [2.05, 4.69) is 70.9 Å². The van der Waals surface area contributed by atoms with Crippen LogP contribution in [0.25, 0.3) is 0 Å². The van der Waals surface area contributed by atoms with Gasteiger partial charge in [-0.25, -0.2) is 4.79 Å². The van der Waals surface area contributed by atoms with E-state index in [1.807, 2.05) is 23.1 Å². The number of methoxy groups -OCH3 is 2. The first-order valence-corrected chi connectivity index (χ1v) is 11.8. The van der Waals surface area contributed by atoms with Crippen LogP contribution in [0.2, 0.25) is 0 Å². The van der Waals surface area contributed by atoms with Crippen molar-refractivity contribution in [1.82, 2.24) is 15.1 Å². The molecule has 0 radical (unpaired) electrons. The molecule has 1 heterocycles. The number of benzene rings is 3. The summed E-state index contributed by atoms with van der Waals surface area (Å²) in [6.45, 7) is 3.65. The molecule has 3 aromatic carbocycles. The first kappa shape index (κ1) is 23.6. The van der Waals surface area contributed by atoms with Gasteiger partial charge in [-0.15, -0.1) is 0 Å². The van der Waals surface area contributed by atoms with Crippen molar-refractivity contribution in [3.8, 4) is 11.5 Å². The van der Waals surface area contributed by atoms with E-state index in [4.69, 9.17) is 9.47 Å². The van der Waals surface area contributed by atoms with Gasteiger partial charge >= 0.3 is 6.03 Å². The van der Waals surface area contributed by atoms with E-state index in [1.165, 1.54) is 11.1 Å². The number of nitrogens with one attached hydrogen (secondary N) is 1. The Morgan fingerprint density at radius 3 is 1.97 bits per heavy atom. The Labute approximate surface area is 202 Å². The van der Waals surface area contributed by atoms with Crippen molar-refractivity contribution in [2.45, 2.75) is 12.5 Å². The van der Waals surface area contributed by atoms with Crippen LogP contribution in [0, 0.1) is 0 Å². The van der Waals surface area contributed by atoms with Crippen LogP contribution in [-0.2, 0) is 6.42 Å². The van der Waals surface area contributed by atoms with Gasteiger partial charge in [-0.2, -0.15) is 0 Å². The van der Waals surface area contributed by atoms with E-state index >= 15 is 0 Å². The molecule has 0 spiro atoms. The lowest BCUT2D eigenvalue weighted by atomic mass is 9.96. The topological polar surface area (TPSA) is 54.0 Å². The highest BCUT2D eigenvalue weighted by Crippen LogP contribution is 2.30. The Morgan fingerprint density at radius 2 is 1.41 bits per heavy atom. The predicted molar refractivity (Wildman–Crippen MR) is 135 cm³/mol. The summed E-state index contributed by atoms with van der Waals surface area (Å²) in [5, 5.41) is 3.07. The van der Waals surface area contributed by atoms with Crippen molar-refractivity contribution >= 4 is 6.03 Å². The van der Waals surface area contributed by atoms with Crippen molar-refractivity contribution < 1.29 is 14.3 Å². The number of carbonyl (C=O) groups is 1. The Kier molecular flexibility index (Phi) is 8.04. The Bertz CT molecular complexity index is 1010. The number of hydrogen-bond acceptors (Lipinski definition) is 4. The summed E-state index contributed by atoms with van der Waals surface area (Å²) in [5.74, 6) is 1.41. The van der Waals surface area contributed by atoms with Crippen molar-refractivity contribution in [3.63, 3.8) is 0 Å². The number of carbonyl (C=O) groups excluding carboxylic acids is 1. The summed E-state index contributed by atoms with van der Waals surface area (Å²) < 4.78 is 10.7. The van der Waals surface area contributed by atoms with Gasteiger partial charge in [-0.1, -0.05) is 66.7 Å². The number of ether oxygens (including phenoxy) is 2. The summed E-state index contributed by atoms with van der Waals surface area (Å²) in [5.41, 5.74) is 3.65. The fourth-order valence-electron chi connectivity index (χ4n) is 4.53. The van der Waals surface area contributed by atoms with E-state index in [0.29, 0.717) is 31.1 Å². The van der Waals surface area contributed by atoms with Gasteiger partial charge in [-0.05, 0) is 35.2 Å². The number of nitrogens with zero attached hydrogens (tertiary/aromatic N) is 2. The van der Waals surface area contributed by atoms with Gasteiger partial charge in [0.25, 0.3) is 0 Å². The first-order chi connectivity index (χ1) is 16.7. The molecule has 1 aliphatic rings. The second kappa shape index (κ2) is 11.6. The number of piperazine rings is 1. The number of amides is 2. The molecule has 178 valence electrons. The highest BCUT2D eigenvalue weighted by Gasteiger charge is 2.28. The summed E-state index contributed by atoms with van der Waals surface area (Å²) in [7, 11) is 3.25. The summed E-state index contributed by atoms with van der Waals surface area (Å²) in [6.07, 6.45) is 0.732. The molecule has 34 heavy (non-hydrogen) atoms. The van der Waals surface area contributed by atoms with Gasteiger partial charge in [-0.3, -0.25) is 4.90 Å². The monoisotopic (exact) mass is 459 g/mol. The van der Waals surface area contributed by atoms with Crippen LogP contribution < -0.4 is 14.8 Å². The smallest absolute Gasteiger partial charge is 0.317 e. The molecule has 3 aromatic rings. The van der Waals surface area contributed by atoms with Gasteiger partial charge in [0.05, 0.1) is 20.3 Å². The minimum absolute atomic E-state index is 0.00361. The molecule has 0 unspecified atom stereocenters. The minimum atomic E-state index is -0.00361. The highest BCUT2D eigenvalue weighted by atomic mass is 16.5. The molecule has 1 N–H and O–H groups in total. The zero-order valence-corrected chi connectivity index (χ0v) is 19.9. The number of rotatable bonds is 8. The molecule has 6 nitrogen and oxygen atoms in total. The average Bonchev–Trinajstić information content (AvgIpc) is 2.90. The normalized spacial score (nSPS) is 14.1. The van der Waals surface area contributed by atoms with Gasteiger partial charge < -0.3 is 19.7 Å². The van der Waals surface area contributed by atoms with Gasteiger partial charge in [0.1, 0.15) is 0 Å². The van der Waals surface area contributed by atoms with Crippen LogP contribution in [0.3, 0.4) is 0 Å². The maximum absolute atomic E-state index is 12.8. The van der Waals surface area contributed by atoms with Crippen LogP contribution >= 0.6 is 0 Å². The maximum Gasteiger partial charge on any atom is 0.317 e. The lowest BCUT2D eigenvalue weighted by Gasteiger charge is -2.39. The molecule has 1 aliphatic heterocycles. The molecule has 1 fully saturated rings. The molecule has 6 heteroatoms. The van der Waals surface area contributed by atoms with E-state index in [1.54, 1.807) is 14.2 Å². The van der Waals surface area contributed by atoms with E-state index < -0.39 is 0 Å². The quantitative estimate of drug-likeness (QED) is 0.544. The van der Waals surface area contributed by atoms with Crippen LogP contribution in [0.4, 0.5) is 4.79 Å². The van der Waals surface area contributed by atoms with Crippen molar-refractivity contribution in [3.05, 3.63) is 95.6 Å². The lowest BCUT2D eigenvalue weighted by molar-refractivity contribution is 0.120. The third kappa shape index (κ3) is 5.69. The Morgan fingerprint density at radius 1 is 0.824 bits per heavy atom. The minimum Gasteiger partial charge on any atom is -0.493 e. The second-order valence-electron chi connectivity index (χ2n) is 8.42. The fraction of sp³-hybridized carbons (Fsp3) is 0.321. The Balaban J connectivity index is 1.31. The van der Waals surface area contributed by atoms with E-state index in [9.17, 15) is 4.79 Å². The first-order valence-electron chi connectivity index (χ1n) is 11.8. The van der Waals surface area contributed by atoms with Crippen molar-refractivity contribution in [1.29, 1.82) is 0 Å². The second-order valence-corrected chi connectivity index (χ2v) is 8.42. The number of hydrogen-bond donors (Lipinski definition) is 1. The average molecular weight is 460 g/mol. The molecule has 1 saturated heterocycles.